The molecule has 0 fully saturated rings. The minimum Gasteiger partial charge on any atom is -0.467 e. The Balaban J connectivity index is 2.56. The maximum atomic E-state index is 5.49. The van der Waals surface area contributed by atoms with E-state index in [0.717, 1.165) is 12.2 Å². The van der Waals surface area contributed by atoms with Gasteiger partial charge in [-0.25, -0.2) is 0 Å². The lowest BCUT2D eigenvalue weighted by atomic mass is 10.2. The first-order chi connectivity index (χ1) is 6.38. The molecule has 0 aromatic carbocycles. The first-order valence-corrected chi connectivity index (χ1v) is 4.25. The number of hydrogen-bond donors (Lipinski definition) is 0. The minimum absolute atomic E-state index is 0.0366. The number of furan rings is 1. The van der Waals surface area contributed by atoms with E-state index >= 15 is 0 Å². The Hall–Kier alpha value is -1.28. The lowest BCUT2D eigenvalue weighted by Gasteiger charge is -2.11. The van der Waals surface area contributed by atoms with Crippen LogP contribution in [0.2, 0.25) is 0 Å². The second kappa shape index (κ2) is 5.38. The molecule has 0 radical (unpaired) electrons. The molecular weight excluding hydrogens is 164 g/mol. The van der Waals surface area contributed by atoms with E-state index < -0.39 is 0 Å². The van der Waals surface area contributed by atoms with Gasteiger partial charge in [-0.1, -0.05) is 12.2 Å². The molecule has 1 rings (SSSR count). The topological polar surface area (TPSA) is 22.4 Å². The predicted molar refractivity (Wildman–Crippen MR) is 52.4 cm³/mol. The smallest absolute Gasteiger partial charge is 0.132 e. The molecule has 0 N–H and O–H groups in total. The van der Waals surface area contributed by atoms with E-state index in [1.807, 2.05) is 18.2 Å². The van der Waals surface area contributed by atoms with Crippen molar-refractivity contribution in [3.63, 3.8) is 0 Å². The normalized spacial score (nSPS) is 12.3. The van der Waals surface area contributed by atoms with Crippen LogP contribution in [0.5, 0.6) is 0 Å². The summed E-state index contributed by atoms with van der Waals surface area (Å²) in [5.41, 5.74) is 0. The highest BCUT2D eigenvalue weighted by Gasteiger charge is 2.11. The lowest BCUT2D eigenvalue weighted by Crippen LogP contribution is -2.02. The fourth-order valence-corrected chi connectivity index (χ4v) is 1.08. The molecule has 0 aliphatic carbocycles. The van der Waals surface area contributed by atoms with Crippen LogP contribution in [0.25, 0.3) is 0 Å². The Morgan fingerprint density at radius 3 is 2.85 bits per heavy atom. The Labute approximate surface area is 78.5 Å². The molecule has 1 unspecified atom stereocenters. The van der Waals surface area contributed by atoms with Crippen LogP contribution in [0.4, 0.5) is 0 Å². The maximum Gasteiger partial charge on any atom is 0.132 e. The maximum absolute atomic E-state index is 5.49. The summed E-state index contributed by atoms with van der Waals surface area (Å²) in [6, 6.07) is 3.75. The molecule has 70 valence electrons. The average Bonchev–Trinajstić information content (AvgIpc) is 2.65. The van der Waals surface area contributed by atoms with Gasteiger partial charge in [-0.2, -0.15) is 0 Å². The molecule has 13 heavy (non-hydrogen) atoms. The Kier molecular flexibility index (Phi) is 4.06. The van der Waals surface area contributed by atoms with Gasteiger partial charge in [-0.15, -0.1) is 13.2 Å². The fourth-order valence-electron chi connectivity index (χ4n) is 1.08. The van der Waals surface area contributed by atoms with Gasteiger partial charge in [0.2, 0.25) is 0 Å². The standard InChI is InChI=1S/C11H14O2/c1-3-6-10(12-8-4-2)11-7-5-9-13-11/h3-5,7,9-10H,1-2,6,8H2. The van der Waals surface area contributed by atoms with Gasteiger partial charge >= 0.3 is 0 Å². The largest absolute Gasteiger partial charge is 0.467 e. The molecule has 0 saturated heterocycles. The third kappa shape index (κ3) is 2.92. The summed E-state index contributed by atoms with van der Waals surface area (Å²) in [6.45, 7) is 7.79. The van der Waals surface area contributed by atoms with Gasteiger partial charge in [0.25, 0.3) is 0 Å². The van der Waals surface area contributed by atoms with Crippen molar-refractivity contribution in [1.82, 2.24) is 0 Å². The SMILES string of the molecule is C=CCOC(CC=C)c1ccco1. The number of ether oxygens (including phenoxy) is 1. The Morgan fingerprint density at radius 2 is 2.31 bits per heavy atom. The van der Waals surface area contributed by atoms with Crippen molar-refractivity contribution in [3.8, 4) is 0 Å². The monoisotopic (exact) mass is 178 g/mol. The summed E-state index contributed by atoms with van der Waals surface area (Å²) in [7, 11) is 0. The molecule has 0 aliphatic rings. The van der Waals surface area contributed by atoms with Crippen LogP contribution in [0, 0.1) is 0 Å². The van der Waals surface area contributed by atoms with E-state index in [2.05, 4.69) is 13.2 Å². The summed E-state index contributed by atoms with van der Waals surface area (Å²) >= 11 is 0. The van der Waals surface area contributed by atoms with Crippen LogP contribution in [-0.4, -0.2) is 6.61 Å². The molecule has 1 atom stereocenters. The van der Waals surface area contributed by atoms with Crippen molar-refractivity contribution in [2.24, 2.45) is 0 Å². The summed E-state index contributed by atoms with van der Waals surface area (Å²) in [5.74, 6) is 0.835. The van der Waals surface area contributed by atoms with Crippen molar-refractivity contribution in [1.29, 1.82) is 0 Å². The second-order valence-corrected chi connectivity index (χ2v) is 2.65. The summed E-state index contributed by atoms with van der Waals surface area (Å²) in [4.78, 5) is 0. The molecule has 0 amide bonds. The minimum atomic E-state index is -0.0366. The predicted octanol–water partition coefficient (Wildman–Crippen LogP) is 3.10. The van der Waals surface area contributed by atoms with E-state index in [-0.39, 0.29) is 6.10 Å². The van der Waals surface area contributed by atoms with Crippen LogP contribution >= 0.6 is 0 Å². The molecule has 0 aliphatic heterocycles. The number of hydrogen-bond acceptors (Lipinski definition) is 2. The van der Waals surface area contributed by atoms with Crippen LogP contribution in [0.1, 0.15) is 18.3 Å². The Morgan fingerprint density at radius 1 is 1.46 bits per heavy atom. The highest BCUT2D eigenvalue weighted by atomic mass is 16.5. The zero-order valence-electron chi connectivity index (χ0n) is 7.61. The van der Waals surface area contributed by atoms with Gasteiger partial charge < -0.3 is 9.15 Å². The van der Waals surface area contributed by atoms with Gasteiger partial charge in [0.1, 0.15) is 11.9 Å². The van der Waals surface area contributed by atoms with E-state index in [0.29, 0.717) is 6.61 Å². The van der Waals surface area contributed by atoms with Gasteiger partial charge in [0.15, 0.2) is 0 Å². The Bertz CT molecular complexity index is 249. The van der Waals surface area contributed by atoms with Crippen molar-refractivity contribution in [2.75, 3.05) is 6.61 Å². The zero-order chi connectivity index (χ0) is 9.52. The summed E-state index contributed by atoms with van der Waals surface area (Å²) in [5, 5.41) is 0. The first kappa shape index (κ1) is 9.81. The van der Waals surface area contributed by atoms with Gasteiger partial charge in [-0.3, -0.25) is 0 Å². The van der Waals surface area contributed by atoms with E-state index in [4.69, 9.17) is 9.15 Å². The van der Waals surface area contributed by atoms with Crippen LogP contribution in [-0.2, 0) is 4.74 Å². The van der Waals surface area contributed by atoms with Gasteiger partial charge in [0, 0.05) is 0 Å². The van der Waals surface area contributed by atoms with E-state index in [1.165, 1.54) is 0 Å². The zero-order valence-corrected chi connectivity index (χ0v) is 7.61. The fraction of sp³-hybridized carbons (Fsp3) is 0.273. The number of rotatable bonds is 6. The van der Waals surface area contributed by atoms with Crippen LogP contribution < -0.4 is 0 Å². The second-order valence-electron chi connectivity index (χ2n) is 2.65. The molecular formula is C11H14O2. The van der Waals surface area contributed by atoms with Gasteiger partial charge in [-0.05, 0) is 18.6 Å². The molecule has 0 spiro atoms. The average molecular weight is 178 g/mol. The highest BCUT2D eigenvalue weighted by Crippen LogP contribution is 2.21. The third-order valence-electron chi connectivity index (χ3n) is 1.66. The van der Waals surface area contributed by atoms with E-state index in [9.17, 15) is 0 Å². The van der Waals surface area contributed by atoms with Crippen molar-refractivity contribution >= 4 is 0 Å². The van der Waals surface area contributed by atoms with Crippen molar-refractivity contribution in [3.05, 3.63) is 49.5 Å². The van der Waals surface area contributed by atoms with Crippen LogP contribution in [0.3, 0.4) is 0 Å². The molecule has 1 aromatic heterocycles. The molecule has 1 heterocycles. The molecule has 2 heteroatoms. The lowest BCUT2D eigenvalue weighted by molar-refractivity contribution is 0.0598. The van der Waals surface area contributed by atoms with E-state index in [1.54, 1.807) is 12.3 Å². The van der Waals surface area contributed by atoms with Crippen LogP contribution in [0.15, 0.2) is 48.1 Å². The highest BCUT2D eigenvalue weighted by molar-refractivity contribution is 5.03. The van der Waals surface area contributed by atoms with Crippen molar-refractivity contribution < 1.29 is 9.15 Å². The summed E-state index contributed by atoms with van der Waals surface area (Å²) in [6.07, 6.45) is 5.89. The first-order valence-electron chi connectivity index (χ1n) is 4.25. The molecule has 0 saturated carbocycles. The van der Waals surface area contributed by atoms with Crippen molar-refractivity contribution in [2.45, 2.75) is 12.5 Å². The molecule has 0 bridgehead atoms. The van der Waals surface area contributed by atoms with Gasteiger partial charge in [0.05, 0.1) is 12.9 Å². The quantitative estimate of drug-likeness (QED) is 0.624. The summed E-state index contributed by atoms with van der Waals surface area (Å²) < 4.78 is 10.7. The molecule has 2 nitrogen and oxygen atoms in total. The molecule has 1 aromatic rings. The third-order valence-corrected chi connectivity index (χ3v) is 1.66.